The SMILES string of the molecule is Cc1nc(Nc2ccnc(F)c2)c(-c2ccc(OCCc3ccc(F)cc3)cc2)c(N2CCC(C)(C)CC2)c1C(OC(C)(C)C)C(=O)O. The van der Waals surface area contributed by atoms with Gasteiger partial charge in [-0.15, -0.1) is 0 Å². The number of aryl methyl sites for hydroxylation is 1. The number of ether oxygens (including phenoxy) is 2. The second-order valence-corrected chi connectivity index (χ2v) is 14.0. The monoisotopic (exact) mass is 658 g/mol. The Hall–Kier alpha value is -4.57. The summed E-state index contributed by atoms with van der Waals surface area (Å²) in [7, 11) is 0. The van der Waals surface area contributed by atoms with Crippen molar-refractivity contribution in [3.8, 4) is 16.9 Å². The molecule has 254 valence electrons. The summed E-state index contributed by atoms with van der Waals surface area (Å²) in [5, 5.41) is 13.9. The Morgan fingerprint density at radius 3 is 2.31 bits per heavy atom. The minimum absolute atomic E-state index is 0.134. The number of anilines is 3. The van der Waals surface area contributed by atoms with Crippen LogP contribution in [0.25, 0.3) is 11.1 Å². The van der Waals surface area contributed by atoms with Gasteiger partial charge in [0.1, 0.15) is 17.4 Å². The number of benzene rings is 2. The average molecular weight is 659 g/mol. The summed E-state index contributed by atoms with van der Waals surface area (Å²) in [6, 6.07) is 16.8. The second kappa shape index (κ2) is 14.3. The molecule has 2 N–H and O–H groups in total. The number of halogens is 2. The topological polar surface area (TPSA) is 96.8 Å². The van der Waals surface area contributed by atoms with Crippen LogP contribution in [0, 0.1) is 24.1 Å². The second-order valence-electron chi connectivity index (χ2n) is 14.0. The van der Waals surface area contributed by atoms with Gasteiger partial charge in [-0.05, 0) is 87.4 Å². The van der Waals surface area contributed by atoms with Gasteiger partial charge in [0.25, 0.3) is 0 Å². The molecule has 1 aliphatic rings. The highest BCUT2D eigenvalue weighted by Crippen LogP contribution is 2.47. The van der Waals surface area contributed by atoms with E-state index in [1.165, 1.54) is 24.4 Å². The Balaban J connectivity index is 1.63. The third kappa shape index (κ3) is 8.66. The van der Waals surface area contributed by atoms with E-state index in [1.54, 1.807) is 25.1 Å². The first-order valence-electron chi connectivity index (χ1n) is 16.3. The van der Waals surface area contributed by atoms with E-state index >= 15 is 0 Å². The minimum Gasteiger partial charge on any atom is -0.493 e. The van der Waals surface area contributed by atoms with Gasteiger partial charge >= 0.3 is 5.97 Å². The molecule has 1 saturated heterocycles. The molecule has 1 aliphatic heterocycles. The summed E-state index contributed by atoms with van der Waals surface area (Å²) in [5.41, 5.74) is 3.94. The van der Waals surface area contributed by atoms with Gasteiger partial charge in [0.05, 0.1) is 17.9 Å². The number of carbonyl (C=O) groups is 1. The summed E-state index contributed by atoms with van der Waals surface area (Å²) in [5.74, 6) is -0.931. The summed E-state index contributed by atoms with van der Waals surface area (Å²) in [6.07, 6.45) is 2.52. The molecule has 8 nitrogen and oxygen atoms in total. The Bertz CT molecular complexity index is 1730. The third-order valence-electron chi connectivity index (χ3n) is 8.49. The number of hydrogen-bond donors (Lipinski definition) is 2. The van der Waals surface area contributed by atoms with Crippen LogP contribution < -0.4 is 15.0 Å². The zero-order valence-electron chi connectivity index (χ0n) is 28.4. The van der Waals surface area contributed by atoms with Crippen LogP contribution >= 0.6 is 0 Å². The van der Waals surface area contributed by atoms with E-state index in [2.05, 4.69) is 29.0 Å². The maximum absolute atomic E-state index is 14.2. The predicted molar refractivity (Wildman–Crippen MR) is 184 cm³/mol. The fourth-order valence-corrected chi connectivity index (χ4v) is 5.90. The molecule has 2 aromatic heterocycles. The van der Waals surface area contributed by atoms with Gasteiger partial charge in [-0.25, -0.2) is 19.2 Å². The van der Waals surface area contributed by atoms with E-state index in [-0.39, 0.29) is 11.2 Å². The fourth-order valence-electron chi connectivity index (χ4n) is 5.90. The zero-order chi connectivity index (χ0) is 34.6. The lowest BCUT2D eigenvalue weighted by Gasteiger charge is -2.41. The molecule has 0 saturated carbocycles. The van der Waals surface area contributed by atoms with E-state index in [1.807, 2.05) is 45.0 Å². The van der Waals surface area contributed by atoms with Crippen LogP contribution in [0.3, 0.4) is 0 Å². The first-order chi connectivity index (χ1) is 22.7. The molecule has 1 unspecified atom stereocenters. The first kappa shape index (κ1) is 34.8. The molecule has 48 heavy (non-hydrogen) atoms. The van der Waals surface area contributed by atoms with Crippen molar-refractivity contribution < 1.29 is 28.2 Å². The van der Waals surface area contributed by atoms with Crippen molar-refractivity contribution in [2.75, 3.05) is 29.9 Å². The van der Waals surface area contributed by atoms with Crippen molar-refractivity contribution in [3.63, 3.8) is 0 Å². The van der Waals surface area contributed by atoms with E-state index in [9.17, 15) is 18.7 Å². The van der Waals surface area contributed by atoms with Gasteiger partial charge in [-0.1, -0.05) is 38.1 Å². The molecule has 1 atom stereocenters. The number of carboxylic acids is 1. The van der Waals surface area contributed by atoms with Crippen LogP contribution in [0.5, 0.6) is 5.75 Å². The Morgan fingerprint density at radius 1 is 1.04 bits per heavy atom. The summed E-state index contributed by atoms with van der Waals surface area (Å²) >= 11 is 0. The molecule has 0 bridgehead atoms. The molecule has 3 heterocycles. The van der Waals surface area contributed by atoms with Crippen LogP contribution in [-0.2, 0) is 16.0 Å². The normalized spacial score (nSPS) is 15.2. The molecule has 0 amide bonds. The third-order valence-corrected chi connectivity index (χ3v) is 8.49. The maximum atomic E-state index is 14.2. The number of nitrogens with zero attached hydrogens (tertiary/aromatic N) is 3. The zero-order valence-corrected chi connectivity index (χ0v) is 28.4. The van der Waals surface area contributed by atoms with Crippen molar-refractivity contribution in [1.29, 1.82) is 0 Å². The average Bonchev–Trinajstić information content (AvgIpc) is 3.01. The van der Waals surface area contributed by atoms with Crippen LogP contribution in [-0.4, -0.2) is 46.3 Å². The van der Waals surface area contributed by atoms with Crippen molar-refractivity contribution >= 4 is 23.2 Å². The largest absolute Gasteiger partial charge is 0.493 e. The summed E-state index contributed by atoms with van der Waals surface area (Å²) < 4.78 is 39.8. The van der Waals surface area contributed by atoms with Gasteiger partial charge in [-0.3, -0.25) is 0 Å². The number of nitrogens with one attached hydrogen (secondary N) is 1. The highest BCUT2D eigenvalue weighted by molar-refractivity contribution is 5.93. The fraction of sp³-hybridized carbons (Fsp3) is 0.395. The maximum Gasteiger partial charge on any atom is 0.337 e. The van der Waals surface area contributed by atoms with Crippen molar-refractivity contribution in [1.82, 2.24) is 9.97 Å². The lowest BCUT2D eigenvalue weighted by molar-refractivity contribution is -0.160. The van der Waals surface area contributed by atoms with Crippen molar-refractivity contribution in [2.24, 2.45) is 5.41 Å². The van der Waals surface area contributed by atoms with Crippen LogP contribution in [0.15, 0.2) is 66.9 Å². The Labute approximate surface area is 281 Å². The number of rotatable bonds is 11. The quantitative estimate of drug-likeness (QED) is 0.155. The highest BCUT2D eigenvalue weighted by atomic mass is 19.1. The van der Waals surface area contributed by atoms with Crippen LogP contribution in [0.2, 0.25) is 0 Å². The van der Waals surface area contributed by atoms with Crippen LogP contribution in [0.1, 0.15) is 70.4 Å². The number of pyridine rings is 2. The lowest BCUT2D eigenvalue weighted by atomic mass is 9.82. The molecule has 0 spiro atoms. The van der Waals surface area contributed by atoms with Gasteiger partial charge in [0.15, 0.2) is 6.10 Å². The molecule has 1 fully saturated rings. The van der Waals surface area contributed by atoms with Gasteiger partial charge in [0, 0.05) is 54.3 Å². The van der Waals surface area contributed by atoms with E-state index in [4.69, 9.17) is 14.5 Å². The standard InChI is InChI=1S/C38H44F2N4O4/c1-24-31(34(36(45)46)48-37(2,3)4)33(44-20-17-38(5,6)18-21-44)32(35(42-24)43-28-15-19-41-30(40)23-28)26-9-13-29(14-10-26)47-22-16-25-7-11-27(39)12-8-25/h7-15,19,23,34H,16-18,20-22H2,1-6H3,(H,45,46)(H,41,42,43). The number of piperidine rings is 1. The van der Waals surface area contributed by atoms with Gasteiger partial charge in [0.2, 0.25) is 5.95 Å². The van der Waals surface area contributed by atoms with E-state index < -0.39 is 23.6 Å². The van der Waals surface area contributed by atoms with Gasteiger partial charge in [-0.2, -0.15) is 4.39 Å². The molecular formula is C38H44F2N4O4. The number of carboxylic acid groups (broad SMARTS) is 1. The van der Waals surface area contributed by atoms with Gasteiger partial charge < -0.3 is 24.8 Å². The molecular weight excluding hydrogens is 614 g/mol. The smallest absolute Gasteiger partial charge is 0.337 e. The number of aromatic nitrogens is 2. The number of hydrogen-bond acceptors (Lipinski definition) is 7. The minimum atomic E-state index is -1.29. The molecule has 5 rings (SSSR count). The summed E-state index contributed by atoms with van der Waals surface area (Å²) in [6.45, 7) is 13.6. The summed E-state index contributed by atoms with van der Waals surface area (Å²) in [4.78, 5) is 23.8. The molecule has 2 aromatic carbocycles. The van der Waals surface area contributed by atoms with Crippen molar-refractivity contribution in [2.45, 2.75) is 72.5 Å². The predicted octanol–water partition coefficient (Wildman–Crippen LogP) is 8.66. The lowest BCUT2D eigenvalue weighted by Crippen LogP contribution is -2.39. The van der Waals surface area contributed by atoms with E-state index in [0.717, 1.165) is 29.7 Å². The van der Waals surface area contributed by atoms with Crippen LogP contribution in [0.4, 0.5) is 26.0 Å². The van der Waals surface area contributed by atoms with E-state index in [0.29, 0.717) is 60.2 Å². The first-order valence-corrected chi connectivity index (χ1v) is 16.3. The molecule has 4 aromatic rings. The Morgan fingerprint density at radius 2 is 1.71 bits per heavy atom. The molecule has 0 aliphatic carbocycles. The molecule has 10 heteroatoms. The van der Waals surface area contributed by atoms with Crippen molar-refractivity contribution in [3.05, 3.63) is 95.4 Å². The Kier molecular flexibility index (Phi) is 10.3. The molecule has 0 radical (unpaired) electrons. The highest BCUT2D eigenvalue weighted by Gasteiger charge is 2.37. The number of aliphatic carboxylic acids is 1.